The van der Waals surface area contributed by atoms with E-state index in [9.17, 15) is 4.79 Å². The summed E-state index contributed by atoms with van der Waals surface area (Å²) in [7, 11) is 18.2. The van der Waals surface area contributed by atoms with Gasteiger partial charge in [-0.05, 0) is 48.6 Å². The molecule has 1 aromatic carbocycles. The van der Waals surface area contributed by atoms with E-state index in [1.807, 2.05) is 24.6 Å². The second-order valence-corrected chi connectivity index (χ2v) is 7.17. The summed E-state index contributed by atoms with van der Waals surface area (Å²) in [6.45, 7) is 1.94. The molecule has 0 saturated carbocycles. The SMILES string of the molecule is [B]C([B])([B])Oc1ccc(C(=O)Nc2cc3cc(-c4cnc(C)n4C)cnc3cn2)cc1. The highest BCUT2D eigenvalue weighted by atomic mass is 16.5. The van der Waals surface area contributed by atoms with Crippen molar-refractivity contribution in [1.29, 1.82) is 0 Å². The van der Waals surface area contributed by atoms with Crippen molar-refractivity contribution in [2.45, 2.75) is 12.2 Å². The van der Waals surface area contributed by atoms with Crippen LogP contribution >= 0.6 is 0 Å². The van der Waals surface area contributed by atoms with Crippen molar-refractivity contribution >= 4 is 46.2 Å². The molecule has 4 aromatic rings. The largest absolute Gasteiger partial charge is 0.516 e. The van der Waals surface area contributed by atoms with E-state index < -0.39 is 5.30 Å². The topological polar surface area (TPSA) is 81.9 Å². The summed E-state index contributed by atoms with van der Waals surface area (Å²) in [5.74, 6) is 1.33. The van der Waals surface area contributed by atoms with Crippen LogP contribution in [-0.2, 0) is 7.05 Å². The lowest BCUT2D eigenvalue weighted by atomic mass is 9.52. The lowest BCUT2D eigenvalue weighted by molar-refractivity contribution is 0.102. The quantitative estimate of drug-likeness (QED) is 0.517. The van der Waals surface area contributed by atoms with Gasteiger partial charge in [0.2, 0.25) is 0 Å². The third kappa shape index (κ3) is 4.63. The van der Waals surface area contributed by atoms with Crippen LogP contribution in [0, 0.1) is 6.92 Å². The lowest BCUT2D eigenvalue weighted by Gasteiger charge is -2.23. The van der Waals surface area contributed by atoms with E-state index in [0.29, 0.717) is 17.1 Å². The Labute approximate surface area is 183 Å². The van der Waals surface area contributed by atoms with Crippen LogP contribution in [0.25, 0.3) is 22.2 Å². The molecule has 31 heavy (non-hydrogen) atoms. The van der Waals surface area contributed by atoms with Crippen LogP contribution < -0.4 is 10.1 Å². The Hall–Kier alpha value is -3.55. The second kappa shape index (κ2) is 7.94. The maximum atomic E-state index is 12.6. The number of imidazole rings is 1. The van der Waals surface area contributed by atoms with E-state index in [0.717, 1.165) is 28.0 Å². The number of carbonyl (C=O) groups excluding carboxylic acids is 1. The molecular formula is C21H16B3N5O2. The van der Waals surface area contributed by atoms with Gasteiger partial charge in [0, 0.05) is 29.8 Å². The number of benzene rings is 1. The summed E-state index contributed by atoms with van der Waals surface area (Å²) >= 11 is 0. The van der Waals surface area contributed by atoms with Crippen LogP contribution in [-0.4, -0.2) is 54.3 Å². The zero-order chi connectivity index (χ0) is 22.2. The smallest absolute Gasteiger partial charge is 0.256 e. The highest BCUT2D eigenvalue weighted by Crippen LogP contribution is 2.24. The maximum absolute atomic E-state index is 12.6. The van der Waals surface area contributed by atoms with E-state index in [1.165, 1.54) is 0 Å². The summed E-state index contributed by atoms with van der Waals surface area (Å²) in [6, 6.07) is 10.0. The highest BCUT2D eigenvalue weighted by Gasteiger charge is 2.13. The first kappa shape index (κ1) is 20.7. The number of carbonyl (C=O) groups is 1. The minimum atomic E-state index is -1.79. The van der Waals surface area contributed by atoms with Crippen LogP contribution in [0.5, 0.6) is 5.75 Å². The number of anilines is 1. The van der Waals surface area contributed by atoms with Gasteiger partial charge < -0.3 is 14.6 Å². The number of pyridine rings is 2. The zero-order valence-electron chi connectivity index (χ0n) is 17.0. The third-order valence-electron chi connectivity index (χ3n) is 4.74. The van der Waals surface area contributed by atoms with Gasteiger partial charge in [0.1, 0.15) is 40.9 Å². The van der Waals surface area contributed by atoms with Gasteiger partial charge in [-0.1, -0.05) is 0 Å². The van der Waals surface area contributed by atoms with E-state index in [4.69, 9.17) is 28.3 Å². The monoisotopic (exact) mass is 403 g/mol. The second-order valence-electron chi connectivity index (χ2n) is 7.17. The molecule has 10 heteroatoms. The zero-order valence-corrected chi connectivity index (χ0v) is 17.0. The number of hydrogen-bond acceptors (Lipinski definition) is 5. The number of aryl methyl sites for hydroxylation is 1. The summed E-state index contributed by atoms with van der Waals surface area (Å²) in [4.78, 5) is 25.7. The fraction of sp³-hybridized carbons (Fsp3) is 0.143. The summed E-state index contributed by atoms with van der Waals surface area (Å²) in [6.07, 6.45) is 5.20. The molecule has 0 spiro atoms. The number of hydrogen-bond donors (Lipinski definition) is 1. The van der Waals surface area contributed by atoms with Crippen LogP contribution in [0.2, 0.25) is 0 Å². The van der Waals surface area contributed by atoms with E-state index in [-0.39, 0.29) is 5.91 Å². The van der Waals surface area contributed by atoms with Crippen molar-refractivity contribution in [2.75, 3.05) is 5.32 Å². The first-order valence-corrected chi connectivity index (χ1v) is 9.41. The Morgan fingerprint density at radius 3 is 2.42 bits per heavy atom. The van der Waals surface area contributed by atoms with Gasteiger partial charge in [-0.15, -0.1) is 0 Å². The molecule has 0 bridgehead atoms. The molecule has 1 amide bonds. The van der Waals surface area contributed by atoms with Gasteiger partial charge in [-0.2, -0.15) is 0 Å². The minimum Gasteiger partial charge on any atom is -0.516 e. The molecule has 3 aromatic heterocycles. The van der Waals surface area contributed by atoms with Gasteiger partial charge in [0.15, 0.2) is 0 Å². The van der Waals surface area contributed by atoms with Crippen molar-refractivity contribution < 1.29 is 9.53 Å². The predicted octanol–water partition coefficient (Wildman–Crippen LogP) is 2.09. The standard InChI is InChI=1S/C21H16B3N5O2/c1-12-25-11-18(29(12)2)15-7-14-8-19(27-10-17(14)26-9-15)28-20(30)13-3-5-16(6-4-13)31-21(22,23)24/h3-11H,1-2H3,(H,27,28,30). The van der Waals surface area contributed by atoms with Crippen LogP contribution in [0.4, 0.5) is 5.82 Å². The molecule has 0 aliphatic heterocycles. The number of amides is 1. The average molecular weight is 403 g/mol. The first-order chi connectivity index (χ1) is 14.7. The summed E-state index contributed by atoms with van der Waals surface area (Å²) in [5, 5.41) is 1.83. The Balaban J connectivity index is 1.55. The van der Waals surface area contributed by atoms with Gasteiger partial charge in [-0.25, -0.2) is 9.97 Å². The molecule has 3 heterocycles. The van der Waals surface area contributed by atoms with Crippen LogP contribution in [0.15, 0.2) is 55.0 Å². The predicted molar refractivity (Wildman–Crippen MR) is 121 cm³/mol. The first-order valence-electron chi connectivity index (χ1n) is 9.41. The molecule has 7 nitrogen and oxygen atoms in total. The number of nitrogens with zero attached hydrogens (tertiary/aromatic N) is 4. The van der Waals surface area contributed by atoms with Gasteiger partial charge in [0.05, 0.1) is 23.6 Å². The molecule has 1 N–H and O–H groups in total. The van der Waals surface area contributed by atoms with E-state index in [1.54, 1.807) is 48.9 Å². The number of nitrogens with one attached hydrogen (secondary N) is 1. The Morgan fingerprint density at radius 1 is 1.03 bits per heavy atom. The van der Waals surface area contributed by atoms with Crippen molar-refractivity contribution in [3.63, 3.8) is 0 Å². The Bertz CT molecular complexity index is 1270. The molecule has 0 aliphatic rings. The molecule has 0 fully saturated rings. The van der Waals surface area contributed by atoms with Crippen LogP contribution in [0.3, 0.4) is 0 Å². The normalized spacial score (nSPS) is 11.4. The van der Waals surface area contributed by atoms with Gasteiger partial charge >= 0.3 is 0 Å². The van der Waals surface area contributed by atoms with Crippen LogP contribution in [0.1, 0.15) is 16.2 Å². The summed E-state index contributed by atoms with van der Waals surface area (Å²) in [5.41, 5.74) is 3.00. The fourth-order valence-corrected chi connectivity index (χ4v) is 3.08. The Morgan fingerprint density at radius 2 is 1.77 bits per heavy atom. The van der Waals surface area contributed by atoms with Crippen molar-refractivity contribution in [3.05, 3.63) is 66.4 Å². The molecule has 146 valence electrons. The maximum Gasteiger partial charge on any atom is 0.256 e. The Kier molecular flexibility index (Phi) is 5.31. The number of ether oxygens (including phenoxy) is 1. The molecular weight excluding hydrogens is 387 g/mol. The highest BCUT2D eigenvalue weighted by molar-refractivity contribution is 6.58. The van der Waals surface area contributed by atoms with Gasteiger partial charge in [0.25, 0.3) is 5.91 Å². The molecule has 6 radical (unpaired) electrons. The number of rotatable bonds is 5. The number of aromatic nitrogens is 4. The lowest BCUT2D eigenvalue weighted by Crippen LogP contribution is -2.37. The van der Waals surface area contributed by atoms with E-state index >= 15 is 0 Å². The fourth-order valence-electron chi connectivity index (χ4n) is 3.08. The molecule has 0 unspecified atom stereocenters. The van der Waals surface area contributed by atoms with Gasteiger partial charge in [-0.3, -0.25) is 9.78 Å². The minimum absolute atomic E-state index is 0.329. The number of fused-ring (bicyclic) bond motifs is 1. The molecule has 0 saturated heterocycles. The average Bonchev–Trinajstić information content (AvgIpc) is 3.05. The third-order valence-corrected chi connectivity index (χ3v) is 4.74. The molecule has 0 aliphatic carbocycles. The van der Waals surface area contributed by atoms with Crippen molar-refractivity contribution in [2.24, 2.45) is 7.05 Å². The van der Waals surface area contributed by atoms with Crippen molar-refractivity contribution in [1.82, 2.24) is 19.5 Å². The van der Waals surface area contributed by atoms with Crippen molar-refractivity contribution in [3.8, 4) is 17.0 Å². The van der Waals surface area contributed by atoms with E-state index in [2.05, 4.69) is 20.3 Å². The molecule has 0 atom stereocenters. The molecule has 4 rings (SSSR count). The summed E-state index contributed by atoms with van der Waals surface area (Å²) < 4.78 is 7.13.